The number of pyridine rings is 1. The topological polar surface area (TPSA) is 63.2 Å². The van der Waals surface area contributed by atoms with Crippen LogP contribution in [0.25, 0.3) is 0 Å². The molecule has 8 heteroatoms. The third-order valence-electron chi connectivity index (χ3n) is 4.47. The molecule has 5 nitrogen and oxygen atoms in total. The number of alkyl halides is 3. The Hall–Kier alpha value is -1.19. The number of amides is 2. The van der Waals surface area contributed by atoms with Crippen LogP contribution in [0.3, 0.4) is 0 Å². The van der Waals surface area contributed by atoms with Crippen LogP contribution in [0, 0.1) is 5.41 Å². The van der Waals surface area contributed by atoms with Gasteiger partial charge in [-0.15, -0.1) is 0 Å². The largest absolute Gasteiger partial charge is 0.417 e. The lowest BCUT2D eigenvalue weighted by atomic mass is 9.54. The van der Waals surface area contributed by atoms with E-state index in [0.717, 1.165) is 16.8 Å². The summed E-state index contributed by atoms with van der Waals surface area (Å²) in [5.74, 6) is -0.154. The summed E-state index contributed by atoms with van der Waals surface area (Å²) in [4.78, 5) is 15.6. The number of hydrogen-bond donors (Lipinski definition) is 2. The minimum atomic E-state index is -2.91. The van der Waals surface area contributed by atoms with Crippen LogP contribution in [0.2, 0.25) is 0 Å². The lowest BCUT2D eigenvalue weighted by Gasteiger charge is -2.56. The minimum absolute atomic E-state index is 0.154. The van der Waals surface area contributed by atoms with Crippen molar-refractivity contribution in [2.24, 2.45) is 5.41 Å². The molecule has 0 bridgehead atoms. The monoisotopic (exact) mass is 437 g/mol. The second kappa shape index (κ2) is 6.74. The number of halogens is 3. The zero-order chi connectivity index (χ0) is 16.4. The summed E-state index contributed by atoms with van der Waals surface area (Å²) >= 11 is 2.48. The molecule has 0 unspecified atom stereocenters. The molecule has 0 radical (unpaired) electrons. The van der Waals surface area contributed by atoms with Crippen LogP contribution in [-0.4, -0.2) is 27.6 Å². The van der Waals surface area contributed by atoms with E-state index in [1.807, 2.05) is 0 Å². The number of hydrogen-bond acceptors (Lipinski definition) is 3. The van der Waals surface area contributed by atoms with Crippen molar-refractivity contribution in [3.05, 3.63) is 23.9 Å². The Morgan fingerprint density at radius 3 is 2.83 bits per heavy atom. The number of ether oxygens (including phenoxy) is 1. The lowest BCUT2D eigenvalue weighted by molar-refractivity contribution is -0.0529. The molecule has 0 aromatic carbocycles. The smallest absolute Gasteiger partial charge is 0.388 e. The van der Waals surface area contributed by atoms with Gasteiger partial charge in [0.05, 0.1) is 0 Å². The van der Waals surface area contributed by atoms with Crippen molar-refractivity contribution in [3.8, 4) is 5.88 Å². The summed E-state index contributed by atoms with van der Waals surface area (Å²) in [5.41, 5.74) is 1.14. The number of nitrogens with one attached hydrogen (secondary N) is 2. The average molecular weight is 437 g/mol. The van der Waals surface area contributed by atoms with Crippen LogP contribution in [0.1, 0.15) is 31.2 Å². The van der Waals surface area contributed by atoms with Crippen LogP contribution in [0.5, 0.6) is 5.88 Å². The molecule has 0 saturated heterocycles. The van der Waals surface area contributed by atoms with Gasteiger partial charge in [-0.25, -0.2) is 9.78 Å². The van der Waals surface area contributed by atoms with Crippen LogP contribution in [-0.2, 0) is 6.54 Å². The summed E-state index contributed by atoms with van der Waals surface area (Å²) in [6.07, 6.45) is 6.01. The average Bonchev–Trinajstić information content (AvgIpc) is 2.41. The lowest BCUT2D eigenvalue weighted by Crippen LogP contribution is -2.57. The number of rotatable bonds is 5. The van der Waals surface area contributed by atoms with Crippen molar-refractivity contribution in [3.63, 3.8) is 0 Å². The molecule has 2 fully saturated rings. The second-order valence-electron chi connectivity index (χ2n) is 6.32. The molecule has 126 valence electrons. The summed E-state index contributed by atoms with van der Waals surface area (Å²) in [7, 11) is 0. The summed E-state index contributed by atoms with van der Waals surface area (Å²) in [6, 6.07) is 3.04. The van der Waals surface area contributed by atoms with Crippen LogP contribution in [0.15, 0.2) is 18.3 Å². The molecule has 2 aliphatic carbocycles. The van der Waals surface area contributed by atoms with Crippen LogP contribution in [0.4, 0.5) is 13.6 Å². The molecule has 23 heavy (non-hydrogen) atoms. The van der Waals surface area contributed by atoms with Gasteiger partial charge in [0.2, 0.25) is 5.88 Å². The van der Waals surface area contributed by atoms with Gasteiger partial charge in [-0.1, -0.05) is 22.6 Å². The highest BCUT2D eigenvalue weighted by Crippen LogP contribution is 2.58. The molecule has 1 aromatic heterocycles. The van der Waals surface area contributed by atoms with Gasteiger partial charge in [-0.05, 0) is 42.7 Å². The van der Waals surface area contributed by atoms with E-state index in [9.17, 15) is 13.6 Å². The molecule has 0 aliphatic heterocycles. The Labute approximate surface area is 146 Å². The van der Waals surface area contributed by atoms with Crippen molar-refractivity contribution in [1.82, 2.24) is 15.6 Å². The quantitative estimate of drug-likeness (QED) is 0.550. The predicted octanol–water partition coefficient (Wildman–Crippen LogP) is 3.23. The Morgan fingerprint density at radius 2 is 2.17 bits per heavy atom. The molecular formula is C15H18F2IN3O2. The van der Waals surface area contributed by atoms with Gasteiger partial charge in [0.1, 0.15) is 0 Å². The van der Waals surface area contributed by atoms with E-state index in [-0.39, 0.29) is 24.5 Å². The number of urea groups is 1. The predicted molar refractivity (Wildman–Crippen MR) is 88.7 cm³/mol. The fourth-order valence-electron chi connectivity index (χ4n) is 3.44. The standard InChI is InChI=1S/C15H18F2IN3O2/c16-13(17)23-12-3-9(1-2-19-12)8-20-14(22)21-11-6-15(7-11)4-10(18)5-15/h1-3,10-11,13H,4-8H2,(H2,20,21,22). The molecule has 0 atom stereocenters. The Morgan fingerprint density at radius 1 is 1.43 bits per heavy atom. The molecule has 2 amide bonds. The van der Waals surface area contributed by atoms with Crippen molar-refractivity contribution < 1.29 is 18.3 Å². The van der Waals surface area contributed by atoms with Crippen LogP contribution >= 0.6 is 22.6 Å². The van der Waals surface area contributed by atoms with Crippen LogP contribution < -0.4 is 15.4 Å². The molecule has 1 spiro atoms. The van der Waals surface area contributed by atoms with Crippen molar-refractivity contribution in [2.75, 3.05) is 0 Å². The first-order valence-corrected chi connectivity index (χ1v) is 8.77. The number of aromatic nitrogens is 1. The molecule has 2 N–H and O–H groups in total. The van der Waals surface area contributed by atoms with E-state index < -0.39 is 6.61 Å². The van der Waals surface area contributed by atoms with Crippen molar-refractivity contribution in [1.29, 1.82) is 0 Å². The third-order valence-corrected chi connectivity index (χ3v) is 5.35. The Bertz CT molecular complexity index is 574. The zero-order valence-corrected chi connectivity index (χ0v) is 14.6. The van der Waals surface area contributed by atoms with Gasteiger partial charge in [-0.2, -0.15) is 8.78 Å². The van der Waals surface area contributed by atoms with E-state index in [2.05, 4.69) is 42.9 Å². The number of carbonyl (C=O) groups excluding carboxylic acids is 1. The van der Waals surface area contributed by atoms with Gasteiger partial charge in [0, 0.05) is 28.8 Å². The third kappa shape index (κ3) is 4.21. The van der Waals surface area contributed by atoms with Gasteiger partial charge in [0.25, 0.3) is 0 Å². The van der Waals surface area contributed by atoms with Gasteiger partial charge in [-0.3, -0.25) is 0 Å². The molecule has 1 aromatic rings. The SMILES string of the molecule is O=C(NCc1ccnc(OC(F)F)c1)NC1CC2(CC(I)C2)C1. The molecule has 1 heterocycles. The zero-order valence-electron chi connectivity index (χ0n) is 12.4. The van der Waals surface area contributed by atoms with Gasteiger partial charge < -0.3 is 15.4 Å². The summed E-state index contributed by atoms with van der Waals surface area (Å²) < 4.78 is 29.3. The first kappa shape index (κ1) is 16.7. The molecule has 2 saturated carbocycles. The summed E-state index contributed by atoms with van der Waals surface area (Å²) in [6.45, 7) is -2.67. The van der Waals surface area contributed by atoms with E-state index in [0.29, 0.717) is 11.0 Å². The number of nitrogens with zero attached hydrogens (tertiary/aromatic N) is 1. The maximum atomic E-state index is 12.1. The maximum Gasteiger partial charge on any atom is 0.388 e. The number of carbonyl (C=O) groups is 1. The fraction of sp³-hybridized carbons (Fsp3) is 0.600. The van der Waals surface area contributed by atoms with E-state index in [4.69, 9.17) is 0 Å². The van der Waals surface area contributed by atoms with Crippen molar-refractivity contribution in [2.45, 2.75) is 48.8 Å². The highest BCUT2D eigenvalue weighted by molar-refractivity contribution is 14.1. The normalized spacial score (nSPS) is 28.9. The molecule has 2 aliphatic rings. The summed E-state index contributed by atoms with van der Waals surface area (Å²) in [5, 5.41) is 5.68. The minimum Gasteiger partial charge on any atom is -0.417 e. The molecular weight excluding hydrogens is 419 g/mol. The highest BCUT2D eigenvalue weighted by atomic mass is 127. The van der Waals surface area contributed by atoms with Gasteiger partial charge in [0.15, 0.2) is 0 Å². The highest BCUT2D eigenvalue weighted by Gasteiger charge is 2.52. The van der Waals surface area contributed by atoms with Gasteiger partial charge >= 0.3 is 12.6 Å². The van der Waals surface area contributed by atoms with E-state index in [1.165, 1.54) is 25.1 Å². The first-order chi connectivity index (χ1) is 10.9. The fourth-order valence-corrected chi connectivity index (χ4v) is 5.30. The van der Waals surface area contributed by atoms with E-state index in [1.54, 1.807) is 6.07 Å². The Balaban J connectivity index is 1.39. The second-order valence-corrected chi connectivity index (χ2v) is 8.08. The maximum absolute atomic E-state index is 12.1. The van der Waals surface area contributed by atoms with Crippen molar-refractivity contribution >= 4 is 28.6 Å². The Kier molecular flexibility index (Phi) is 4.88. The first-order valence-electron chi connectivity index (χ1n) is 7.52. The van der Waals surface area contributed by atoms with E-state index >= 15 is 0 Å². The molecule has 3 rings (SSSR count).